The van der Waals surface area contributed by atoms with Crippen molar-refractivity contribution >= 4 is 28.4 Å². The Morgan fingerprint density at radius 2 is 1.82 bits per heavy atom. The minimum atomic E-state index is -3.54. The molecule has 8 heteroatoms. The first-order valence-corrected chi connectivity index (χ1v) is 8.28. The summed E-state index contributed by atoms with van der Waals surface area (Å²) in [4.78, 5) is 10.8. The monoisotopic (exact) mass is 350 g/mol. The molecule has 0 saturated carbocycles. The lowest BCUT2D eigenvalue weighted by Crippen LogP contribution is -2.34. The number of halogens is 1. The smallest absolute Gasteiger partial charge is 0.320 e. The van der Waals surface area contributed by atoms with Crippen LogP contribution in [0.1, 0.15) is 31.7 Å². The van der Waals surface area contributed by atoms with Gasteiger partial charge in [0, 0.05) is 6.04 Å². The van der Waals surface area contributed by atoms with Gasteiger partial charge in [-0.2, -0.15) is 0 Å². The third-order valence-corrected chi connectivity index (χ3v) is 4.76. The average molecular weight is 351 g/mol. The fourth-order valence-electron chi connectivity index (χ4n) is 1.88. The largest absolute Gasteiger partial charge is 0.480 e. The van der Waals surface area contributed by atoms with Crippen molar-refractivity contribution in [2.24, 2.45) is 5.73 Å². The lowest BCUT2D eigenvalue weighted by Gasteiger charge is -2.15. The van der Waals surface area contributed by atoms with Crippen LogP contribution in [0.3, 0.4) is 0 Å². The van der Waals surface area contributed by atoms with Gasteiger partial charge in [-0.25, -0.2) is 13.1 Å². The van der Waals surface area contributed by atoms with Crippen molar-refractivity contribution in [3.8, 4) is 0 Å². The topological polar surface area (TPSA) is 109 Å². The van der Waals surface area contributed by atoms with Crippen LogP contribution >= 0.6 is 12.4 Å². The zero-order chi connectivity index (χ0) is 16.0. The van der Waals surface area contributed by atoms with Crippen LogP contribution in [0, 0.1) is 6.92 Å². The van der Waals surface area contributed by atoms with E-state index in [2.05, 4.69) is 4.72 Å². The van der Waals surface area contributed by atoms with Gasteiger partial charge in [-0.3, -0.25) is 4.79 Å². The number of aryl methyl sites for hydroxylation is 1. The zero-order valence-corrected chi connectivity index (χ0v) is 14.3. The van der Waals surface area contributed by atoms with Crippen molar-refractivity contribution in [1.82, 2.24) is 4.72 Å². The Bertz CT molecular complexity index is 575. The van der Waals surface area contributed by atoms with E-state index >= 15 is 0 Å². The molecule has 6 nitrogen and oxygen atoms in total. The van der Waals surface area contributed by atoms with E-state index in [1.807, 2.05) is 6.92 Å². The normalized spacial score (nSPS) is 14.0. The van der Waals surface area contributed by atoms with Crippen molar-refractivity contribution in [1.29, 1.82) is 0 Å². The molecule has 0 radical (unpaired) electrons. The number of nitrogens with two attached hydrogens (primary N) is 1. The number of sulfonamides is 1. The summed E-state index contributed by atoms with van der Waals surface area (Å²) >= 11 is 0. The Kier molecular flexibility index (Phi) is 8.62. The Hall–Kier alpha value is -1.15. The van der Waals surface area contributed by atoms with Gasteiger partial charge in [-0.1, -0.05) is 17.7 Å². The predicted octanol–water partition coefficient (Wildman–Crippen LogP) is 1.67. The maximum Gasteiger partial charge on any atom is 0.320 e. The summed E-state index contributed by atoms with van der Waals surface area (Å²) in [6, 6.07) is 5.43. The number of hydrogen-bond acceptors (Lipinski definition) is 4. The average Bonchev–Trinajstić information content (AvgIpc) is 2.38. The molecule has 0 aliphatic carbocycles. The van der Waals surface area contributed by atoms with E-state index in [1.54, 1.807) is 31.2 Å². The fraction of sp³-hybridized carbons (Fsp3) is 0.500. The highest BCUT2D eigenvalue weighted by Crippen LogP contribution is 2.12. The lowest BCUT2D eigenvalue weighted by molar-refractivity contribution is -0.138. The number of hydrogen-bond donors (Lipinski definition) is 3. The minimum absolute atomic E-state index is 0. The highest BCUT2D eigenvalue weighted by molar-refractivity contribution is 7.89. The first-order chi connectivity index (χ1) is 9.72. The second-order valence-electron chi connectivity index (χ2n) is 5.21. The van der Waals surface area contributed by atoms with Crippen LogP contribution in [0.4, 0.5) is 0 Å². The molecule has 0 fully saturated rings. The number of rotatable bonds is 8. The summed E-state index contributed by atoms with van der Waals surface area (Å²) < 4.78 is 26.8. The second kappa shape index (κ2) is 9.09. The molecule has 2 unspecified atom stereocenters. The molecule has 0 saturated heterocycles. The van der Waals surface area contributed by atoms with E-state index in [1.165, 1.54) is 0 Å². The van der Waals surface area contributed by atoms with E-state index in [4.69, 9.17) is 10.8 Å². The highest BCUT2D eigenvalue weighted by atomic mass is 35.5. The molecule has 0 aromatic heterocycles. The van der Waals surface area contributed by atoms with Crippen LogP contribution < -0.4 is 10.5 Å². The Balaban J connectivity index is 0.00000441. The van der Waals surface area contributed by atoms with Gasteiger partial charge in [0.25, 0.3) is 0 Å². The summed E-state index contributed by atoms with van der Waals surface area (Å²) in [5.74, 6) is -1.04. The van der Waals surface area contributed by atoms with Crippen molar-refractivity contribution in [3.63, 3.8) is 0 Å². The molecule has 126 valence electrons. The van der Waals surface area contributed by atoms with Gasteiger partial charge in [0.1, 0.15) is 6.04 Å². The van der Waals surface area contributed by atoms with Crippen molar-refractivity contribution in [2.45, 2.75) is 50.1 Å². The molecule has 0 aliphatic heterocycles. The summed E-state index contributed by atoms with van der Waals surface area (Å²) in [6.45, 7) is 3.64. The molecule has 1 rings (SSSR count). The minimum Gasteiger partial charge on any atom is -0.480 e. The number of carboxylic acids is 1. The van der Waals surface area contributed by atoms with Gasteiger partial charge < -0.3 is 10.8 Å². The van der Waals surface area contributed by atoms with E-state index in [-0.39, 0.29) is 23.3 Å². The maximum absolute atomic E-state index is 12.1. The first kappa shape index (κ1) is 20.9. The van der Waals surface area contributed by atoms with Gasteiger partial charge in [0.05, 0.1) is 4.90 Å². The molecule has 1 aromatic rings. The first-order valence-electron chi connectivity index (χ1n) is 6.80. The maximum atomic E-state index is 12.1. The summed E-state index contributed by atoms with van der Waals surface area (Å²) in [7, 11) is -3.54. The third kappa shape index (κ3) is 6.74. The van der Waals surface area contributed by atoms with Gasteiger partial charge in [-0.15, -0.1) is 12.4 Å². The number of nitrogens with one attached hydrogen (secondary N) is 1. The molecule has 1 aromatic carbocycles. The van der Waals surface area contributed by atoms with Crippen LogP contribution in [-0.2, 0) is 14.8 Å². The van der Waals surface area contributed by atoms with Crippen molar-refractivity contribution < 1.29 is 18.3 Å². The molecule has 0 amide bonds. The van der Waals surface area contributed by atoms with E-state index in [9.17, 15) is 13.2 Å². The molecule has 2 atom stereocenters. The molecule has 22 heavy (non-hydrogen) atoms. The SMILES string of the molecule is Cc1ccc(S(=O)(=O)NC(C)CCCC(N)C(=O)O)cc1.Cl. The molecular weight excluding hydrogens is 328 g/mol. The van der Waals surface area contributed by atoms with E-state index in [0.29, 0.717) is 19.3 Å². The van der Waals surface area contributed by atoms with Crippen LogP contribution in [0.5, 0.6) is 0 Å². The third-order valence-electron chi connectivity index (χ3n) is 3.16. The zero-order valence-electron chi connectivity index (χ0n) is 12.7. The van der Waals surface area contributed by atoms with Crippen LogP contribution in [0.25, 0.3) is 0 Å². The fourth-order valence-corrected chi connectivity index (χ4v) is 3.15. The molecule has 4 N–H and O–H groups in total. The molecule has 0 heterocycles. The number of carboxylic acid groups (broad SMARTS) is 1. The van der Waals surface area contributed by atoms with Gasteiger partial charge >= 0.3 is 5.97 Å². The van der Waals surface area contributed by atoms with Crippen molar-refractivity contribution in [3.05, 3.63) is 29.8 Å². The summed E-state index contributed by atoms with van der Waals surface area (Å²) in [6.07, 6.45) is 1.41. The van der Waals surface area contributed by atoms with E-state index in [0.717, 1.165) is 5.56 Å². The van der Waals surface area contributed by atoms with Gasteiger partial charge in [-0.05, 0) is 45.2 Å². The van der Waals surface area contributed by atoms with Crippen LogP contribution in [0.15, 0.2) is 29.2 Å². The Morgan fingerprint density at radius 1 is 1.27 bits per heavy atom. The molecule has 0 aliphatic rings. The summed E-state index contributed by atoms with van der Waals surface area (Å²) in [5, 5.41) is 8.67. The molecule has 0 spiro atoms. The van der Waals surface area contributed by atoms with Crippen LogP contribution in [0.2, 0.25) is 0 Å². The lowest BCUT2D eigenvalue weighted by atomic mass is 10.1. The molecule has 0 bridgehead atoms. The Morgan fingerprint density at radius 3 is 2.32 bits per heavy atom. The highest BCUT2D eigenvalue weighted by Gasteiger charge is 2.18. The van der Waals surface area contributed by atoms with Crippen LogP contribution in [-0.4, -0.2) is 31.6 Å². The van der Waals surface area contributed by atoms with Gasteiger partial charge in [0.2, 0.25) is 10.0 Å². The number of benzene rings is 1. The predicted molar refractivity (Wildman–Crippen MR) is 87.7 cm³/mol. The molecular formula is C14H23ClN2O4S. The second-order valence-corrected chi connectivity index (χ2v) is 6.93. The van der Waals surface area contributed by atoms with E-state index < -0.39 is 22.0 Å². The quantitative estimate of drug-likeness (QED) is 0.660. The summed E-state index contributed by atoms with van der Waals surface area (Å²) in [5.41, 5.74) is 6.39. The number of aliphatic carboxylic acids is 1. The van der Waals surface area contributed by atoms with Gasteiger partial charge in [0.15, 0.2) is 0 Å². The standard InChI is InChI=1S/C14H22N2O4S.ClH/c1-10-6-8-12(9-7-10)21(19,20)16-11(2)4-3-5-13(15)14(17)18;/h6-9,11,13,16H,3-5,15H2,1-2H3,(H,17,18);1H. The van der Waals surface area contributed by atoms with Crippen molar-refractivity contribution in [2.75, 3.05) is 0 Å². The number of carbonyl (C=O) groups is 1. The Labute approximate surface area is 137 Å².